The molecule has 1 aliphatic carbocycles. The van der Waals surface area contributed by atoms with Crippen molar-refractivity contribution in [2.45, 2.75) is 63.6 Å². The Morgan fingerprint density at radius 1 is 0.314 bits per heavy atom. The fourth-order valence-electron chi connectivity index (χ4n) is 16.1. The predicted octanol–water partition coefficient (Wildman–Crippen LogP) is 19.0. The molecular weight excluding hydrogens is 1390 g/mol. The van der Waals surface area contributed by atoms with Crippen LogP contribution in [-0.2, 0) is 5.41 Å². The minimum Gasteiger partial charge on any atom is -0.357 e. The number of halogens is 20. The molecule has 3 aromatic heterocycles. The number of hydrogen-bond donors (Lipinski definition) is 3. The Hall–Kier alpha value is -10.8. The fourth-order valence-corrected chi connectivity index (χ4v) is 23.5. The van der Waals surface area contributed by atoms with Gasteiger partial charge in [0.1, 0.15) is 0 Å². The SMILES string of the molecule is CC(C)[Si](C1=C2C3=c4ccc([nH]4)=C(c4c(F)c(F)c(F)c(F)c4F)C4=N/C(=C(/c5c(F)c(F)c(F)c(F)c5F)c5ccc([nH]5)[C@@]1(C1=N/C(=C(/c5c(F)c(F)c(F)c(F)c5F)c5ccc([nH]5)C(c5c(F)c(F)c(F)c(F)c5F)=C5C=CC3=N5)C=C1)c1ccc3ccccc3c12)C=C4)(C(C)C)C(C)C. The highest BCUT2D eigenvalue weighted by Gasteiger charge is 2.62. The van der Waals surface area contributed by atoms with Crippen molar-refractivity contribution in [1.29, 1.82) is 0 Å². The Morgan fingerprint density at radius 3 is 1.12 bits per heavy atom. The maximum absolute atomic E-state index is 17.1. The zero-order valence-corrected chi connectivity index (χ0v) is 54.0. The third-order valence-corrected chi connectivity index (χ3v) is 27.2. The summed E-state index contributed by atoms with van der Waals surface area (Å²) >= 11 is 0. The third kappa shape index (κ3) is 8.89. The van der Waals surface area contributed by atoms with Crippen molar-refractivity contribution in [3.05, 3.63) is 315 Å². The van der Waals surface area contributed by atoms with Crippen LogP contribution in [0.25, 0.3) is 44.2 Å². The van der Waals surface area contributed by atoms with E-state index in [1.54, 1.807) is 36.4 Å². The summed E-state index contributed by atoms with van der Waals surface area (Å²) in [4.78, 5) is 23.5. The smallest absolute Gasteiger partial charge is 0.200 e. The van der Waals surface area contributed by atoms with Crippen LogP contribution in [0.2, 0.25) is 16.6 Å². The van der Waals surface area contributed by atoms with Crippen LogP contribution in [0.5, 0.6) is 0 Å². The molecule has 0 radical (unpaired) electrons. The number of benzene rings is 6. The molecule has 3 N–H and O–H groups in total. The summed E-state index contributed by atoms with van der Waals surface area (Å²) in [7, 11) is -4.03. The lowest BCUT2D eigenvalue weighted by Gasteiger charge is -2.51. The monoisotopic (exact) mass is 1430 g/mol. The van der Waals surface area contributed by atoms with E-state index in [0.717, 1.165) is 48.6 Å². The first-order chi connectivity index (χ1) is 48.4. The Morgan fingerprint density at radius 2 is 0.676 bits per heavy atom. The van der Waals surface area contributed by atoms with E-state index in [4.69, 9.17) is 9.98 Å². The molecule has 1 atom stereocenters. The molecule has 516 valence electrons. The van der Waals surface area contributed by atoms with Gasteiger partial charge in [-0.3, -0.25) is 4.99 Å². The van der Waals surface area contributed by atoms with Gasteiger partial charge in [-0.2, -0.15) is 0 Å². The Balaban J connectivity index is 1.28. The van der Waals surface area contributed by atoms with Crippen LogP contribution in [-0.4, -0.2) is 40.2 Å². The summed E-state index contributed by atoms with van der Waals surface area (Å²) in [6.07, 6.45) is 6.42. The van der Waals surface area contributed by atoms with Crippen LogP contribution in [0, 0.1) is 116 Å². The molecule has 6 nitrogen and oxygen atoms in total. The van der Waals surface area contributed by atoms with E-state index in [0.29, 0.717) is 16.0 Å². The van der Waals surface area contributed by atoms with Crippen LogP contribution in [0.3, 0.4) is 0 Å². The van der Waals surface area contributed by atoms with Crippen molar-refractivity contribution >= 4 is 69.4 Å². The van der Waals surface area contributed by atoms with Gasteiger partial charge in [0, 0.05) is 61.3 Å². The van der Waals surface area contributed by atoms with E-state index < -0.39 is 236 Å². The lowest BCUT2D eigenvalue weighted by atomic mass is 9.74. The third-order valence-electron chi connectivity index (χ3n) is 20.0. The lowest BCUT2D eigenvalue weighted by Crippen LogP contribution is -2.55. The maximum Gasteiger partial charge on any atom is 0.200 e. The molecule has 15 rings (SSSR count). The number of aromatic amines is 3. The average molecular weight is 1440 g/mol. The number of H-pyrrole nitrogens is 3. The second-order valence-corrected chi connectivity index (χ2v) is 31.6. The van der Waals surface area contributed by atoms with Crippen molar-refractivity contribution in [2.75, 3.05) is 0 Å². The quantitative estimate of drug-likeness (QED) is 0.0586. The van der Waals surface area contributed by atoms with E-state index in [1.807, 2.05) is 41.5 Å². The number of rotatable bonds is 8. The van der Waals surface area contributed by atoms with Gasteiger partial charge in [-0.1, -0.05) is 77.9 Å². The van der Waals surface area contributed by atoms with Gasteiger partial charge in [0.15, 0.2) is 93.1 Å². The lowest BCUT2D eigenvalue weighted by molar-refractivity contribution is 0.376. The Kier molecular flexibility index (Phi) is 15.4. The number of aliphatic imine (C=N–C) groups is 3. The minimum atomic E-state index is -4.03. The number of hydrogen-bond acceptors (Lipinski definition) is 3. The van der Waals surface area contributed by atoms with Gasteiger partial charge >= 0.3 is 0 Å². The van der Waals surface area contributed by atoms with Crippen molar-refractivity contribution in [2.24, 2.45) is 15.0 Å². The molecule has 0 fully saturated rings. The number of allylic oxidation sites excluding steroid dienone is 8. The molecule has 0 amide bonds. The van der Waals surface area contributed by atoms with Crippen LogP contribution in [0.4, 0.5) is 87.8 Å². The van der Waals surface area contributed by atoms with Crippen molar-refractivity contribution in [3.8, 4) is 0 Å². The molecule has 6 aromatic carbocycles. The summed E-state index contributed by atoms with van der Waals surface area (Å²) in [6, 6.07) is 16.5. The van der Waals surface area contributed by atoms with Gasteiger partial charge in [-0.25, -0.2) is 97.8 Å². The molecule has 0 spiro atoms. The van der Waals surface area contributed by atoms with Crippen LogP contribution < -0.4 is 10.7 Å². The van der Waals surface area contributed by atoms with Gasteiger partial charge in [-0.15, -0.1) is 0 Å². The molecule has 0 saturated carbocycles. The van der Waals surface area contributed by atoms with Gasteiger partial charge < -0.3 is 15.0 Å². The molecule has 0 saturated heterocycles. The van der Waals surface area contributed by atoms with Crippen LogP contribution in [0.15, 0.2) is 147 Å². The number of aromatic nitrogens is 3. The van der Waals surface area contributed by atoms with Gasteiger partial charge in [0.05, 0.1) is 70.0 Å². The number of nitrogens with one attached hydrogen (secondary N) is 3. The summed E-state index contributed by atoms with van der Waals surface area (Å²) < 4.78 is 325. The largest absolute Gasteiger partial charge is 0.357 e. The summed E-state index contributed by atoms with van der Waals surface area (Å²) in [5, 5.41) is 0.295. The minimum absolute atomic E-state index is 0.103. The standard InChI is InChI=1S/C75H42F20N6Si/c1-25(2)102(26(3)4,27(5)6)74-49-43-29-10-8-7-9-28(29)11-12-30(43)75(74)41-23-21-39(100-41)47(52-58(80)66(88)72(94)67(89)59(52)81)37-19-17-35(98-37)45(50-54(76)62(84)70(92)63(85)55(50)77)33-15-13-31(96-33)44(49)32-14-16-34(97-32)46(51-56(78)64(86)71(93)65(87)57(51)79)36-18-20-38(99-36)48(40-22-24-42(75)101-40)53-60(82)68(90)73(95)69(91)61(53)83/h7-27,96,99-100H,1-6H3/b44-31?,45-33?,46-34?,47-37+,48-40+/t75-/m1/s1. The normalized spacial score (nSPS) is 18.5. The number of fused-ring (bicyclic) bond motifs is 13. The first-order valence-electron chi connectivity index (χ1n) is 31.2. The fraction of sp³-hybridized carbons (Fsp3) is 0.133. The second kappa shape index (κ2) is 23.4. The van der Waals surface area contributed by atoms with E-state index in [-0.39, 0.29) is 44.7 Å². The van der Waals surface area contributed by atoms with Gasteiger partial charge in [-0.05, 0) is 122 Å². The molecule has 5 aliphatic heterocycles. The van der Waals surface area contributed by atoms with E-state index in [2.05, 4.69) is 19.9 Å². The first kappa shape index (κ1) is 67.0. The topological polar surface area (TPSA) is 84.5 Å². The van der Waals surface area contributed by atoms with Crippen LogP contribution in [0.1, 0.15) is 97.7 Å². The highest BCUT2D eigenvalue weighted by atomic mass is 28.3. The summed E-state index contributed by atoms with van der Waals surface area (Å²) in [5.74, 6) is -50.1. The average Bonchev–Trinajstić information content (AvgIpc) is 1.49. The highest BCUT2D eigenvalue weighted by molar-refractivity contribution is 6.92. The molecule has 102 heavy (non-hydrogen) atoms. The zero-order valence-electron chi connectivity index (χ0n) is 53.0. The molecule has 6 aliphatic rings. The second-order valence-electron chi connectivity index (χ2n) is 25.8. The van der Waals surface area contributed by atoms with E-state index in [9.17, 15) is 0 Å². The maximum atomic E-state index is 17.1. The van der Waals surface area contributed by atoms with Gasteiger partial charge in [0.25, 0.3) is 0 Å². The molecule has 15 bridgehead atoms. The predicted molar refractivity (Wildman–Crippen MR) is 343 cm³/mol. The van der Waals surface area contributed by atoms with Crippen molar-refractivity contribution < 1.29 is 87.8 Å². The Labute approximate surface area is 563 Å². The Bertz CT molecular complexity index is 5740. The van der Waals surface area contributed by atoms with Crippen molar-refractivity contribution in [3.63, 3.8) is 0 Å². The molecule has 0 unspecified atom stereocenters. The molecular formula is C75H42F20N6Si. The van der Waals surface area contributed by atoms with Crippen LogP contribution >= 0.6 is 0 Å². The number of nitrogens with zero attached hydrogens (tertiary/aromatic N) is 3. The summed E-state index contributed by atoms with van der Waals surface area (Å²) in [5.41, 5.74) is -20.0. The molecule has 27 heteroatoms. The van der Waals surface area contributed by atoms with E-state index in [1.165, 1.54) is 24.3 Å². The van der Waals surface area contributed by atoms with Crippen molar-refractivity contribution in [1.82, 2.24) is 15.0 Å². The van der Waals surface area contributed by atoms with Gasteiger partial charge in [0.2, 0.25) is 23.3 Å². The zero-order chi connectivity index (χ0) is 72.8. The van der Waals surface area contributed by atoms with E-state index >= 15 is 87.8 Å². The first-order valence-corrected chi connectivity index (χ1v) is 33.4. The highest BCUT2D eigenvalue weighted by Crippen LogP contribution is 2.65. The molecule has 9 aromatic rings. The summed E-state index contributed by atoms with van der Waals surface area (Å²) in [6.45, 7) is 11.3. The molecule has 8 heterocycles.